The molecule has 0 N–H and O–H groups in total. The summed E-state index contributed by atoms with van der Waals surface area (Å²) in [7, 11) is 0. The third-order valence-corrected chi connectivity index (χ3v) is 2.01. The summed E-state index contributed by atoms with van der Waals surface area (Å²) in [5.41, 5.74) is 1.33. The topological polar surface area (TPSA) is 9.23 Å². The van der Waals surface area contributed by atoms with Crippen molar-refractivity contribution < 1.29 is 4.74 Å². The second-order valence-electron chi connectivity index (χ2n) is 4.27. The van der Waals surface area contributed by atoms with Gasteiger partial charge in [0.2, 0.25) is 0 Å². The highest BCUT2D eigenvalue weighted by molar-refractivity contribution is 7.81. The van der Waals surface area contributed by atoms with Crippen LogP contribution in [0.5, 0.6) is 5.75 Å². The van der Waals surface area contributed by atoms with Crippen LogP contribution in [-0.2, 0) is 0 Å². The minimum Gasteiger partial charge on any atom is -0.477 e. The van der Waals surface area contributed by atoms with Gasteiger partial charge in [-0.15, -0.1) is 12.6 Å². The summed E-state index contributed by atoms with van der Waals surface area (Å²) >= 11 is 4.31. The van der Waals surface area contributed by atoms with E-state index in [-0.39, 0.29) is 0 Å². The molecule has 1 nitrogen and oxygen atoms in total. The van der Waals surface area contributed by atoms with Gasteiger partial charge in [0.05, 0.1) is 0 Å². The number of hydrogen-bond donors (Lipinski definition) is 1. The molecule has 0 aliphatic carbocycles. The van der Waals surface area contributed by atoms with Gasteiger partial charge in [-0.2, -0.15) is 0 Å². The quantitative estimate of drug-likeness (QED) is 0.589. The lowest BCUT2D eigenvalue weighted by atomic mass is 10.0. The van der Waals surface area contributed by atoms with Crippen LogP contribution >= 0.6 is 12.6 Å². The Labute approximate surface area is 91.9 Å². The molecular weight excluding hydrogens is 192 g/mol. The zero-order valence-electron chi connectivity index (χ0n) is 9.24. The first-order chi connectivity index (χ1) is 6.38. The molecule has 78 valence electrons. The summed E-state index contributed by atoms with van der Waals surface area (Å²) in [6, 6.07) is 8.18. The molecule has 2 heteroatoms. The van der Waals surface area contributed by atoms with Crippen molar-refractivity contribution in [3.05, 3.63) is 29.8 Å². The summed E-state index contributed by atoms with van der Waals surface area (Å²) in [5.74, 6) is 1.43. The Morgan fingerprint density at radius 2 is 1.64 bits per heavy atom. The third-order valence-electron chi connectivity index (χ3n) is 1.91. The lowest BCUT2D eigenvalue weighted by molar-refractivity contribution is 0.209. The van der Waals surface area contributed by atoms with Gasteiger partial charge in [0.15, 0.2) is 0 Å². The minimum absolute atomic E-state index is 0.417. The predicted octanol–water partition coefficient (Wildman–Crippen LogP) is 3.85. The summed E-state index contributed by atoms with van der Waals surface area (Å²) in [4.78, 5) is -0.417. The Kier molecular flexibility index (Phi) is 3.48. The highest BCUT2D eigenvalue weighted by Crippen LogP contribution is 2.23. The zero-order chi connectivity index (χ0) is 10.8. The van der Waals surface area contributed by atoms with Crippen LogP contribution in [0.4, 0.5) is 0 Å². The SMILES string of the molecule is CC(C)c1ccc(OC(C)(C)S)cc1. The largest absolute Gasteiger partial charge is 0.477 e. The molecule has 1 aromatic carbocycles. The number of thiol groups is 1. The van der Waals surface area contributed by atoms with Crippen LogP contribution in [0, 0.1) is 0 Å². The lowest BCUT2D eigenvalue weighted by Gasteiger charge is -2.20. The van der Waals surface area contributed by atoms with Gasteiger partial charge in [0, 0.05) is 0 Å². The van der Waals surface area contributed by atoms with Gasteiger partial charge in [-0.1, -0.05) is 26.0 Å². The van der Waals surface area contributed by atoms with E-state index < -0.39 is 4.93 Å². The normalized spacial score (nSPS) is 11.9. The summed E-state index contributed by atoms with van der Waals surface area (Å²) in [5, 5.41) is 0. The van der Waals surface area contributed by atoms with Crippen molar-refractivity contribution >= 4 is 12.6 Å². The molecule has 1 aromatic rings. The first-order valence-corrected chi connectivity index (χ1v) is 5.34. The molecule has 0 saturated heterocycles. The summed E-state index contributed by atoms with van der Waals surface area (Å²) < 4.78 is 5.60. The number of rotatable bonds is 3. The number of benzene rings is 1. The molecule has 0 heterocycles. The minimum atomic E-state index is -0.417. The average Bonchev–Trinajstić information content (AvgIpc) is 2.02. The molecule has 0 aliphatic rings. The fourth-order valence-electron chi connectivity index (χ4n) is 1.21. The fourth-order valence-corrected chi connectivity index (χ4v) is 1.31. The van der Waals surface area contributed by atoms with E-state index in [0.717, 1.165) is 5.75 Å². The number of hydrogen-bond acceptors (Lipinski definition) is 2. The monoisotopic (exact) mass is 210 g/mol. The highest BCUT2D eigenvalue weighted by atomic mass is 32.1. The van der Waals surface area contributed by atoms with Crippen molar-refractivity contribution in [1.29, 1.82) is 0 Å². The zero-order valence-corrected chi connectivity index (χ0v) is 10.1. The molecule has 0 bridgehead atoms. The lowest BCUT2D eigenvalue weighted by Crippen LogP contribution is -2.19. The van der Waals surface area contributed by atoms with Crippen molar-refractivity contribution in [2.24, 2.45) is 0 Å². The third kappa shape index (κ3) is 3.62. The first kappa shape index (κ1) is 11.4. The Hall–Kier alpha value is -0.630. The van der Waals surface area contributed by atoms with Gasteiger partial charge in [-0.25, -0.2) is 0 Å². The van der Waals surface area contributed by atoms with E-state index in [1.807, 2.05) is 26.0 Å². The van der Waals surface area contributed by atoms with E-state index in [0.29, 0.717) is 5.92 Å². The molecule has 0 aliphatic heterocycles. The van der Waals surface area contributed by atoms with Crippen LogP contribution in [0.3, 0.4) is 0 Å². The van der Waals surface area contributed by atoms with Gasteiger partial charge >= 0.3 is 0 Å². The fraction of sp³-hybridized carbons (Fsp3) is 0.500. The van der Waals surface area contributed by atoms with Crippen LogP contribution in [-0.4, -0.2) is 4.93 Å². The highest BCUT2D eigenvalue weighted by Gasteiger charge is 2.12. The van der Waals surface area contributed by atoms with Crippen LogP contribution in [0.2, 0.25) is 0 Å². The van der Waals surface area contributed by atoms with Gasteiger partial charge in [-0.3, -0.25) is 0 Å². The van der Waals surface area contributed by atoms with E-state index in [9.17, 15) is 0 Å². The maximum absolute atomic E-state index is 5.60. The molecule has 14 heavy (non-hydrogen) atoms. The van der Waals surface area contributed by atoms with E-state index >= 15 is 0 Å². The Bertz CT molecular complexity index is 282. The van der Waals surface area contributed by atoms with Crippen molar-refractivity contribution in [2.75, 3.05) is 0 Å². The average molecular weight is 210 g/mol. The van der Waals surface area contributed by atoms with E-state index in [4.69, 9.17) is 4.74 Å². The predicted molar refractivity (Wildman–Crippen MR) is 64.2 cm³/mol. The first-order valence-electron chi connectivity index (χ1n) is 4.90. The summed E-state index contributed by atoms with van der Waals surface area (Å²) in [6.07, 6.45) is 0. The van der Waals surface area contributed by atoms with E-state index in [1.54, 1.807) is 0 Å². The molecule has 0 aromatic heterocycles. The van der Waals surface area contributed by atoms with Crippen LogP contribution in [0.15, 0.2) is 24.3 Å². The molecule has 0 spiro atoms. The molecular formula is C12H18OS. The van der Waals surface area contributed by atoms with Crippen molar-refractivity contribution in [2.45, 2.75) is 38.5 Å². The van der Waals surface area contributed by atoms with E-state index in [1.165, 1.54) is 5.56 Å². The standard InChI is InChI=1S/C12H18OS/c1-9(2)10-5-7-11(8-6-10)13-12(3,4)14/h5-9,14H,1-4H3. The second kappa shape index (κ2) is 4.26. The number of ether oxygens (including phenoxy) is 1. The van der Waals surface area contributed by atoms with Crippen molar-refractivity contribution in [3.63, 3.8) is 0 Å². The van der Waals surface area contributed by atoms with Gasteiger partial charge in [0.25, 0.3) is 0 Å². The Morgan fingerprint density at radius 3 is 2.00 bits per heavy atom. The maximum Gasteiger partial charge on any atom is 0.146 e. The molecule has 0 amide bonds. The van der Waals surface area contributed by atoms with Crippen molar-refractivity contribution in [3.8, 4) is 5.75 Å². The Balaban J connectivity index is 2.74. The van der Waals surface area contributed by atoms with Gasteiger partial charge in [-0.05, 0) is 37.5 Å². The maximum atomic E-state index is 5.60. The second-order valence-corrected chi connectivity index (χ2v) is 5.35. The van der Waals surface area contributed by atoms with Crippen molar-refractivity contribution in [1.82, 2.24) is 0 Å². The smallest absolute Gasteiger partial charge is 0.146 e. The van der Waals surface area contributed by atoms with Crippen LogP contribution in [0.1, 0.15) is 39.2 Å². The summed E-state index contributed by atoms with van der Waals surface area (Å²) in [6.45, 7) is 8.20. The molecule has 0 unspecified atom stereocenters. The van der Waals surface area contributed by atoms with Crippen LogP contribution in [0.25, 0.3) is 0 Å². The van der Waals surface area contributed by atoms with Crippen LogP contribution < -0.4 is 4.74 Å². The Morgan fingerprint density at radius 1 is 1.14 bits per heavy atom. The molecule has 1 rings (SSSR count). The molecule has 0 radical (unpaired) electrons. The molecule has 0 atom stereocenters. The molecule has 0 fully saturated rings. The van der Waals surface area contributed by atoms with E-state index in [2.05, 4.69) is 38.6 Å². The van der Waals surface area contributed by atoms with Gasteiger partial charge < -0.3 is 4.74 Å². The van der Waals surface area contributed by atoms with Gasteiger partial charge in [0.1, 0.15) is 10.7 Å². The molecule has 0 saturated carbocycles.